The van der Waals surface area contributed by atoms with E-state index in [0.29, 0.717) is 0 Å². The van der Waals surface area contributed by atoms with Crippen molar-refractivity contribution in [1.29, 1.82) is 5.26 Å². The Kier molecular flexibility index (Phi) is 3.43. The van der Waals surface area contributed by atoms with Gasteiger partial charge in [0, 0.05) is 23.3 Å². The largest absolute Gasteiger partial charge is 0.284 e. The second-order valence-electron chi connectivity index (χ2n) is 5.08. The number of nitrogens with zero attached hydrogens (tertiary/aromatic N) is 3. The Morgan fingerprint density at radius 1 is 1.11 bits per heavy atom. The van der Waals surface area contributed by atoms with Crippen molar-refractivity contribution < 1.29 is 0 Å². The lowest BCUT2D eigenvalue weighted by Gasteiger charge is -2.31. The topological polar surface area (TPSA) is 39.9 Å². The molecular weight excluding hydrogens is 234 g/mol. The third-order valence-electron chi connectivity index (χ3n) is 3.87. The van der Waals surface area contributed by atoms with Gasteiger partial charge < -0.3 is 0 Å². The molecule has 0 bridgehead atoms. The number of hydrogen-bond acceptors (Lipinski definition) is 3. The minimum absolute atomic E-state index is 0.168. The molecule has 1 aromatic heterocycles. The molecule has 3 rings (SSSR count). The first-order chi connectivity index (χ1) is 9.40. The van der Waals surface area contributed by atoms with E-state index in [4.69, 9.17) is 0 Å². The van der Waals surface area contributed by atoms with E-state index in [0.717, 1.165) is 29.4 Å². The van der Waals surface area contributed by atoms with Gasteiger partial charge in [-0.05, 0) is 31.3 Å². The number of aromatic nitrogens is 1. The number of fused-ring (bicyclic) bond motifs is 1. The van der Waals surface area contributed by atoms with Gasteiger partial charge in [-0.25, -0.2) is 0 Å². The van der Waals surface area contributed by atoms with Gasteiger partial charge in [0.15, 0.2) is 0 Å². The Morgan fingerprint density at radius 3 is 2.68 bits per heavy atom. The summed E-state index contributed by atoms with van der Waals surface area (Å²) in [6.07, 6.45) is 7.38. The number of pyridine rings is 1. The van der Waals surface area contributed by atoms with Gasteiger partial charge in [-0.2, -0.15) is 5.26 Å². The molecule has 0 spiro atoms. The van der Waals surface area contributed by atoms with Crippen molar-refractivity contribution in [2.75, 3.05) is 13.1 Å². The van der Waals surface area contributed by atoms with Crippen LogP contribution in [0.1, 0.15) is 30.9 Å². The van der Waals surface area contributed by atoms with Crippen LogP contribution in [-0.2, 0) is 0 Å². The van der Waals surface area contributed by atoms with E-state index < -0.39 is 0 Å². The van der Waals surface area contributed by atoms with Crippen LogP contribution in [0.3, 0.4) is 0 Å². The first-order valence-electron chi connectivity index (χ1n) is 6.86. The quantitative estimate of drug-likeness (QED) is 0.822. The Balaban J connectivity index is 2.04. The molecule has 0 amide bonds. The second-order valence-corrected chi connectivity index (χ2v) is 5.08. The molecule has 1 saturated heterocycles. The predicted octanol–water partition coefficient (Wildman–Crippen LogP) is 3.29. The number of benzene rings is 1. The first kappa shape index (κ1) is 12.1. The maximum Gasteiger partial charge on any atom is 0.125 e. The van der Waals surface area contributed by atoms with Crippen molar-refractivity contribution in [2.24, 2.45) is 0 Å². The normalized spacial score (nSPS) is 18.1. The van der Waals surface area contributed by atoms with Crippen molar-refractivity contribution in [1.82, 2.24) is 9.88 Å². The molecule has 0 saturated carbocycles. The summed E-state index contributed by atoms with van der Waals surface area (Å²) in [6, 6.07) is 10.5. The molecule has 0 aliphatic carbocycles. The standard InChI is InChI=1S/C16H17N3/c17-10-16(19-8-4-1-5-9-19)15-12-18-11-13-6-2-3-7-14(13)15/h2-3,6-7,11-12,16H,1,4-5,8-9H2. The zero-order valence-corrected chi connectivity index (χ0v) is 10.9. The summed E-state index contributed by atoms with van der Waals surface area (Å²) in [5.41, 5.74) is 1.04. The Bertz CT molecular complexity index is 603. The average Bonchev–Trinajstić information content (AvgIpc) is 2.49. The highest BCUT2D eigenvalue weighted by Gasteiger charge is 2.23. The van der Waals surface area contributed by atoms with E-state index in [1.165, 1.54) is 19.3 Å². The minimum Gasteiger partial charge on any atom is -0.284 e. The summed E-state index contributed by atoms with van der Waals surface area (Å²) in [7, 11) is 0. The predicted molar refractivity (Wildman–Crippen MR) is 75.5 cm³/mol. The summed E-state index contributed by atoms with van der Waals surface area (Å²) in [6.45, 7) is 2.03. The van der Waals surface area contributed by atoms with Crippen LogP contribution < -0.4 is 0 Å². The highest BCUT2D eigenvalue weighted by atomic mass is 15.2. The molecule has 3 heteroatoms. The molecular formula is C16H17N3. The minimum atomic E-state index is -0.168. The molecule has 3 nitrogen and oxygen atoms in total. The third-order valence-corrected chi connectivity index (χ3v) is 3.87. The molecule has 2 heterocycles. The summed E-state index contributed by atoms with van der Waals surface area (Å²) in [5.74, 6) is 0. The monoisotopic (exact) mass is 251 g/mol. The molecule has 1 atom stereocenters. The van der Waals surface area contributed by atoms with Gasteiger partial charge in [-0.1, -0.05) is 30.7 Å². The number of rotatable bonds is 2. The van der Waals surface area contributed by atoms with Crippen LogP contribution in [0, 0.1) is 11.3 Å². The molecule has 1 unspecified atom stereocenters. The van der Waals surface area contributed by atoms with Crippen LogP contribution in [0.2, 0.25) is 0 Å². The van der Waals surface area contributed by atoms with E-state index in [-0.39, 0.29) is 6.04 Å². The van der Waals surface area contributed by atoms with E-state index in [2.05, 4.69) is 28.1 Å². The van der Waals surface area contributed by atoms with Crippen molar-refractivity contribution >= 4 is 10.8 Å². The maximum atomic E-state index is 9.57. The highest BCUT2D eigenvalue weighted by Crippen LogP contribution is 2.28. The average molecular weight is 251 g/mol. The Labute approximate surface area is 113 Å². The highest BCUT2D eigenvalue weighted by molar-refractivity contribution is 5.85. The Morgan fingerprint density at radius 2 is 1.89 bits per heavy atom. The number of hydrogen-bond donors (Lipinski definition) is 0. The molecule has 96 valence electrons. The molecule has 1 aliphatic heterocycles. The lowest BCUT2D eigenvalue weighted by Crippen LogP contribution is -2.33. The molecule has 1 aliphatic rings. The maximum absolute atomic E-state index is 9.57. The van der Waals surface area contributed by atoms with Crippen molar-refractivity contribution in [3.63, 3.8) is 0 Å². The van der Waals surface area contributed by atoms with Gasteiger partial charge in [-0.15, -0.1) is 0 Å². The fourth-order valence-corrected chi connectivity index (χ4v) is 2.88. The number of piperidine rings is 1. The van der Waals surface area contributed by atoms with E-state index in [9.17, 15) is 5.26 Å². The van der Waals surface area contributed by atoms with Crippen LogP contribution in [-0.4, -0.2) is 23.0 Å². The summed E-state index contributed by atoms with van der Waals surface area (Å²) < 4.78 is 0. The molecule has 2 aromatic rings. The lowest BCUT2D eigenvalue weighted by atomic mass is 9.99. The summed E-state index contributed by atoms with van der Waals surface area (Å²) in [4.78, 5) is 6.58. The molecule has 19 heavy (non-hydrogen) atoms. The number of likely N-dealkylation sites (tertiary alicyclic amines) is 1. The smallest absolute Gasteiger partial charge is 0.125 e. The van der Waals surface area contributed by atoms with Gasteiger partial charge in [0.05, 0.1) is 6.07 Å². The van der Waals surface area contributed by atoms with Crippen molar-refractivity contribution in [3.8, 4) is 6.07 Å². The van der Waals surface area contributed by atoms with Gasteiger partial charge in [-0.3, -0.25) is 9.88 Å². The second kappa shape index (κ2) is 5.38. The van der Waals surface area contributed by atoms with Crippen LogP contribution in [0.25, 0.3) is 10.8 Å². The summed E-state index contributed by atoms with van der Waals surface area (Å²) >= 11 is 0. The fourth-order valence-electron chi connectivity index (χ4n) is 2.88. The van der Waals surface area contributed by atoms with Crippen LogP contribution in [0.5, 0.6) is 0 Å². The fraction of sp³-hybridized carbons (Fsp3) is 0.375. The van der Waals surface area contributed by atoms with Crippen molar-refractivity contribution in [3.05, 3.63) is 42.2 Å². The zero-order chi connectivity index (χ0) is 13.1. The lowest BCUT2D eigenvalue weighted by molar-refractivity contribution is 0.197. The van der Waals surface area contributed by atoms with Crippen molar-refractivity contribution in [2.45, 2.75) is 25.3 Å². The van der Waals surface area contributed by atoms with E-state index >= 15 is 0 Å². The third kappa shape index (κ3) is 2.32. The van der Waals surface area contributed by atoms with Gasteiger partial charge in [0.2, 0.25) is 0 Å². The first-order valence-corrected chi connectivity index (χ1v) is 6.86. The van der Waals surface area contributed by atoms with Crippen LogP contribution in [0.4, 0.5) is 0 Å². The molecule has 1 fully saturated rings. The van der Waals surface area contributed by atoms with Gasteiger partial charge in [0.25, 0.3) is 0 Å². The van der Waals surface area contributed by atoms with Crippen LogP contribution >= 0.6 is 0 Å². The van der Waals surface area contributed by atoms with Gasteiger partial charge in [0.1, 0.15) is 6.04 Å². The van der Waals surface area contributed by atoms with Gasteiger partial charge >= 0.3 is 0 Å². The van der Waals surface area contributed by atoms with E-state index in [1.54, 1.807) is 0 Å². The molecule has 1 aromatic carbocycles. The molecule has 0 N–H and O–H groups in total. The van der Waals surface area contributed by atoms with E-state index in [1.807, 2.05) is 24.5 Å². The number of nitriles is 1. The van der Waals surface area contributed by atoms with Crippen LogP contribution in [0.15, 0.2) is 36.7 Å². The zero-order valence-electron chi connectivity index (χ0n) is 10.9. The SMILES string of the molecule is N#CC(c1cncc2ccccc12)N1CCCCC1. The Hall–Kier alpha value is -1.92. The summed E-state index contributed by atoms with van der Waals surface area (Å²) in [5, 5.41) is 11.8. The molecule has 0 radical (unpaired) electrons.